The number of rotatable bonds is 1. The quantitative estimate of drug-likeness (QED) is 0.782. The lowest BCUT2D eigenvalue weighted by Crippen LogP contribution is -2.57. The molecule has 5 nitrogen and oxygen atoms in total. The monoisotopic (exact) mass is 356 g/mol. The van der Waals surface area contributed by atoms with Gasteiger partial charge in [-0.1, -0.05) is 20.8 Å². The molecule has 0 spiro atoms. The Morgan fingerprint density at radius 1 is 1.17 bits per heavy atom. The smallest absolute Gasteiger partial charge is 0.408 e. The van der Waals surface area contributed by atoms with Crippen molar-refractivity contribution in [3.8, 4) is 0 Å². The summed E-state index contributed by atoms with van der Waals surface area (Å²) in [6, 6.07) is 0.0362. The van der Waals surface area contributed by atoms with E-state index in [1.807, 2.05) is 20.8 Å². The maximum atomic E-state index is 13.2. The molecule has 0 aromatic carbocycles. The van der Waals surface area contributed by atoms with E-state index in [1.165, 1.54) is 0 Å². The number of nitrogens with one attached hydrogen (secondary N) is 1. The second-order valence-corrected chi connectivity index (χ2v) is 10.1. The third-order valence-electron chi connectivity index (χ3n) is 4.63. The van der Waals surface area contributed by atoms with Gasteiger partial charge in [-0.25, -0.2) is 4.79 Å². The van der Waals surface area contributed by atoms with Gasteiger partial charge in [0.1, 0.15) is 11.6 Å². The first-order valence-electron chi connectivity index (χ1n) is 8.88. The van der Waals surface area contributed by atoms with Crippen LogP contribution in [-0.2, 0) is 9.53 Å². The normalized spacial score (nSPS) is 28.8. The van der Waals surface area contributed by atoms with Gasteiger partial charge in [-0.15, -0.1) is 0 Å². The minimum Gasteiger partial charge on any atom is -0.444 e. The fourth-order valence-corrected chi connectivity index (χ4v) is 4.64. The molecule has 0 aromatic rings. The zero-order valence-electron chi connectivity index (χ0n) is 15.8. The maximum Gasteiger partial charge on any atom is 0.408 e. The number of amides is 2. The Balaban J connectivity index is 2.14. The van der Waals surface area contributed by atoms with Crippen molar-refractivity contribution < 1.29 is 14.3 Å². The van der Waals surface area contributed by atoms with Crippen molar-refractivity contribution >= 4 is 23.8 Å². The van der Waals surface area contributed by atoms with Crippen LogP contribution < -0.4 is 5.32 Å². The summed E-state index contributed by atoms with van der Waals surface area (Å²) >= 11 is 1.74. The van der Waals surface area contributed by atoms with E-state index in [-0.39, 0.29) is 17.4 Å². The number of fused-ring (bicyclic) bond motifs is 1. The summed E-state index contributed by atoms with van der Waals surface area (Å²) in [7, 11) is 0. The third-order valence-corrected chi connectivity index (χ3v) is 5.72. The average Bonchev–Trinajstić information content (AvgIpc) is 2.81. The number of thioether (sulfide) groups is 1. The molecule has 0 aromatic heterocycles. The third kappa shape index (κ3) is 4.80. The molecular formula is C18H32N2O3S. The Morgan fingerprint density at radius 3 is 2.42 bits per heavy atom. The Bertz CT molecular complexity index is 482. The zero-order valence-corrected chi connectivity index (χ0v) is 16.7. The van der Waals surface area contributed by atoms with Crippen LogP contribution in [0.15, 0.2) is 0 Å². The SMILES string of the molecule is CC(C)(C)OC(=O)N[C@H]1CSCC[C@H]2CC[C@@H](C(C)(C)C)N2C1=O. The molecule has 138 valence electrons. The van der Waals surface area contributed by atoms with Crippen molar-refractivity contribution in [3.05, 3.63) is 0 Å². The molecule has 6 heteroatoms. The van der Waals surface area contributed by atoms with E-state index in [0.717, 1.165) is 25.0 Å². The zero-order chi connectivity index (χ0) is 18.1. The van der Waals surface area contributed by atoms with E-state index in [1.54, 1.807) is 11.8 Å². The average molecular weight is 357 g/mol. The van der Waals surface area contributed by atoms with Gasteiger partial charge in [0.05, 0.1) is 0 Å². The van der Waals surface area contributed by atoms with Gasteiger partial charge in [-0.2, -0.15) is 11.8 Å². The molecule has 2 saturated heterocycles. The molecule has 24 heavy (non-hydrogen) atoms. The summed E-state index contributed by atoms with van der Waals surface area (Å²) in [6.07, 6.45) is 2.64. The highest BCUT2D eigenvalue weighted by atomic mass is 32.2. The molecular weight excluding hydrogens is 324 g/mol. The number of alkyl carbamates (subject to hydrolysis) is 1. The van der Waals surface area contributed by atoms with Gasteiger partial charge in [0.2, 0.25) is 5.91 Å². The van der Waals surface area contributed by atoms with Gasteiger partial charge < -0.3 is 15.0 Å². The number of hydrogen-bond donors (Lipinski definition) is 1. The van der Waals surface area contributed by atoms with Crippen molar-refractivity contribution in [2.24, 2.45) is 5.41 Å². The van der Waals surface area contributed by atoms with Gasteiger partial charge >= 0.3 is 6.09 Å². The van der Waals surface area contributed by atoms with Crippen molar-refractivity contribution in [2.45, 2.75) is 84.5 Å². The highest BCUT2D eigenvalue weighted by Crippen LogP contribution is 2.39. The molecule has 2 fully saturated rings. The molecule has 0 radical (unpaired) electrons. The number of ether oxygens (including phenoxy) is 1. The van der Waals surface area contributed by atoms with Crippen LogP contribution in [0.2, 0.25) is 0 Å². The van der Waals surface area contributed by atoms with E-state index in [0.29, 0.717) is 11.8 Å². The van der Waals surface area contributed by atoms with Crippen LogP contribution in [0.25, 0.3) is 0 Å². The van der Waals surface area contributed by atoms with Crippen LogP contribution in [0, 0.1) is 5.41 Å². The Kier molecular flexibility index (Phi) is 5.78. The summed E-state index contributed by atoms with van der Waals surface area (Å²) in [5.74, 6) is 1.69. The van der Waals surface area contributed by atoms with Gasteiger partial charge in [0, 0.05) is 17.8 Å². The van der Waals surface area contributed by atoms with E-state index in [9.17, 15) is 9.59 Å². The summed E-state index contributed by atoms with van der Waals surface area (Å²) in [6.45, 7) is 12.1. The van der Waals surface area contributed by atoms with Crippen molar-refractivity contribution in [1.29, 1.82) is 0 Å². The van der Waals surface area contributed by atoms with E-state index in [4.69, 9.17) is 4.74 Å². The molecule has 3 atom stereocenters. The minimum atomic E-state index is -0.563. The summed E-state index contributed by atoms with van der Waals surface area (Å²) in [5, 5.41) is 2.80. The van der Waals surface area contributed by atoms with Crippen LogP contribution in [-0.4, -0.2) is 52.1 Å². The second kappa shape index (κ2) is 7.14. The van der Waals surface area contributed by atoms with Crippen molar-refractivity contribution in [1.82, 2.24) is 10.2 Å². The molecule has 2 aliphatic heterocycles. The fraction of sp³-hybridized carbons (Fsp3) is 0.889. The highest BCUT2D eigenvalue weighted by molar-refractivity contribution is 7.99. The lowest BCUT2D eigenvalue weighted by molar-refractivity contribution is -0.138. The Labute approximate surface area is 150 Å². The van der Waals surface area contributed by atoms with Crippen LogP contribution in [0.4, 0.5) is 4.79 Å². The number of carbonyl (C=O) groups is 2. The van der Waals surface area contributed by atoms with Crippen molar-refractivity contribution in [3.63, 3.8) is 0 Å². The van der Waals surface area contributed by atoms with Crippen LogP contribution in [0.1, 0.15) is 60.8 Å². The summed E-state index contributed by atoms with van der Waals surface area (Å²) in [5.41, 5.74) is -0.515. The molecule has 0 unspecified atom stereocenters. The fourth-order valence-electron chi connectivity index (χ4n) is 3.58. The molecule has 2 amide bonds. The highest BCUT2D eigenvalue weighted by Gasteiger charge is 2.45. The standard InChI is InChI=1S/C18H32N2O3S/c1-17(2,3)14-8-7-12-9-10-24-11-13(15(21)20(12)14)19-16(22)23-18(4,5)6/h12-14H,7-11H2,1-6H3,(H,19,22)/t12-,13+,14+/m1/s1. The molecule has 1 N–H and O–H groups in total. The molecule has 2 aliphatic rings. The second-order valence-electron chi connectivity index (χ2n) is 8.92. The van der Waals surface area contributed by atoms with E-state index < -0.39 is 17.7 Å². The minimum absolute atomic E-state index is 0.0488. The van der Waals surface area contributed by atoms with Crippen LogP contribution in [0.3, 0.4) is 0 Å². The summed E-state index contributed by atoms with van der Waals surface area (Å²) < 4.78 is 5.34. The molecule has 0 saturated carbocycles. The van der Waals surface area contributed by atoms with E-state index in [2.05, 4.69) is 31.0 Å². The molecule has 0 aliphatic carbocycles. The number of carbonyl (C=O) groups excluding carboxylic acids is 2. The van der Waals surface area contributed by atoms with E-state index >= 15 is 0 Å². The van der Waals surface area contributed by atoms with Crippen molar-refractivity contribution in [2.75, 3.05) is 11.5 Å². The Hall–Kier alpha value is -0.910. The Morgan fingerprint density at radius 2 is 1.83 bits per heavy atom. The lowest BCUT2D eigenvalue weighted by Gasteiger charge is -2.41. The maximum absolute atomic E-state index is 13.2. The van der Waals surface area contributed by atoms with Crippen LogP contribution in [0.5, 0.6) is 0 Å². The molecule has 0 bridgehead atoms. The number of hydrogen-bond acceptors (Lipinski definition) is 4. The first-order valence-corrected chi connectivity index (χ1v) is 10.0. The predicted molar refractivity (Wildman–Crippen MR) is 98.2 cm³/mol. The van der Waals surface area contributed by atoms with Gasteiger partial charge in [0.25, 0.3) is 0 Å². The van der Waals surface area contributed by atoms with Gasteiger partial charge in [0.15, 0.2) is 0 Å². The largest absolute Gasteiger partial charge is 0.444 e. The van der Waals surface area contributed by atoms with Gasteiger partial charge in [-0.3, -0.25) is 4.79 Å². The topological polar surface area (TPSA) is 58.6 Å². The summed E-state index contributed by atoms with van der Waals surface area (Å²) in [4.78, 5) is 27.4. The molecule has 2 rings (SSSR count). The first kappa shape index (κ1) is 19.4. The van der Waals surface area contributed by atoms with Gasteiger partial charge in [-0.05, 0) is 51.2 Å². The number of nitrogens with zero attached hydrogens (tertiary/aromatic N) is 1. The molecule has 2 heterocycles. The lowest BCUT2D eigenvalue weighted by atomic mass is 9.85. The first-order chi connectivity index (χ1) is 11.0. The van der Waals surface area contributed by atoms with Crippen LogP contribution >= 0.6 is 11.8 Å². The predicted octanol–water partition coefficient (Wildman–Crippen LogP) is 3.42.